The first kappa shape index (κ1) is 18.1. The summed E-state index contributed by atoms with van der Waals surface area (Å²) >= 11 is 0. The molecule has 0 radical (unpaired) electrons. The van der Waals surface area contributed by atoms with Crippen LogP contribution in [0.15, 0.2) is 42.6 Å². The molecule has 3 rings (SSSR count). The first-order valence-electron chi connectivity index (χ1n) is 8.77. The molecule has 1 amide bonds. The molecule has 136 valence electrons. The van der Waals surface area contributed by atoms with Gasteiger partial charge in [0, 0.05) is 49.0 Å². The summed E-state index contributed by atoms with van der Waals surface area (Å²) in [6.07, 6.45) is 6.39. The number of amides is 1. The molecule has 1 fully saturated rings. The summed E-state index contributed by atoms with van der Waals surface area (Å²) < 4.78 is 5.35. The number of hydrogen-bond donors (Lipinski definition) is 1. The lowest BCUT2D eigenvalue weighted by Gasteiger charge is -2.33. The van der Waals surface area contributed by atoms with Crippen LogP contribution in [0.1, 0.15) is 24.8 Å². The van der Waals surface area contributed by atoms with Crippen molar-refractivity contribution >= 4 is 28.9 Å². The second-order valence-corrected chi connectivity index (χ2v) is 6.27. The van der Waals surface area contributed by atoms with Crippen molar-refractivity contribution in [2.45, 2.75) is 25.3 Å². The van der Waals surface area contributed by atoms with Crippen LogP contribution in [-0.4, -0.2) is 52.7 Å². The smallest absolute Gasteiger partial charge is 0.305 e. The Morgan fingerprint density at radius 1 is 1.23 bits per heavy atom. The Hall–Kier alpha value is -2.73. The fourth-order valence-electron chi connectivity index (χ4n) is 3.20. The largest absolute Gasteiger partial charge is 0.481 e. The highest BCUT2D eigenvalue weighted by molar-refractivity contribution is 5.95. The van der Waals surface area contributed by atoms with Crippen molar-refractivity contribution in [1.29, 1.82) is 0 Å². The number of carbonyl (C=O) groups is 2. The van der Waals surface area contributed by atoms with Crippen LogP contribution in [0.4, 0.5) is 0 Å². The Bertz CT molecular complexity index is 807. The number of nitrogens with zero attached hydrogens (tertiary/aromatic N) is 2. The van der Waals surface area contributed by atoms with Gasteiger partial charge < -0.3 is 14.7 Å². The molecule has 1 N–H and O–H groups in total. The van der Waals surface area contributed by atoms with Gasteiger partial charge in [0.1, 0.15) is 0 Å². The van der Waals surface area contributed by atoms with Gasteiger partial charge in [-0.15, -0.1) is 0 Å². The molecule has 2 aromatic rings. The van der Waals surface area contributed by atoms with Crippen molar-refractivity contribution in [2.75, 3.05) is 19.8 Å². The molecule has 0 spiro atoms. The molecule has 26 heavy (non-hydrogen) atoms. The Labute approximate surface area is 152 Å². The quantitative estimate of drug-likeness (QED) is 0.807. The van der Waals surface area contributed by atoms with Crippen LogP contribution in [0.25, 0.3) is 17.0 Å². The van der Waals surface area contributed by atoms with Crippen molar-refractivity contribution in [3.63, 3.8) is 0 Å². The van der Waals surface area contributed by atoms with E-state index in [4.69, 9.17) is 9.84 Å². The van der Waals surface area contributed by atoms with Crippen molar-refractivity contribution < 1.29 is 19.4 Å². The summed E-state index contributed by atoms with van der Waals surface area (Å²) in [5, 5.41) is 9.99. The summed E-state index contributed by atoms with van der Waals surface area (Å²) in [6.45, 7) is 1.40. The lowest BCUT2D eigenvalue weighted by molar-refractivity contribution is -0.138. The fraction of sp³-hybridized carbons (Fsp3) is 0.350. The first-order valence-corrected chi connectivity index (χ1v) is 8.77. The molecule has 2 heterocycles. The van der Waals surface area contributed by atoms with E-state index in [1.165, 1.54) is 6.08 Å². The Morgan fingerprint density at radius 2 is 2.00 bits per heavy atom. The molecule has 6 nitrogen and oxygen atoms in total. The van der Waals surface area contributed by atoms with Gasteiger partial charge in [0.15, 0.2) is 0 Å². The lowest BCUT2D eigenvalue weighted by atomic mass is 10.1. The molecule has 1 aliphatic heterocycles. The maximum absolute atomic E-state index is 12.7. The zero-order valence-electron chi connectivity index (χ0n) is 14.5. The van der Waals surface area contributed by atoms with Gasteiger partial charge in [-0.2, -0.15) is 0 Å². The Kier molecular flexibility index (Phi) is 5.96. The van der Waals surface area contributed by atoms with Gasteiger partial charge in [-0.1, -0.05) is 24.3 Å². The molecule has 1 saturated heterocycles. The summed E-state index contributed by atoms with van der Waals surface area (Å²) in [5.74, 6) is -1.08. The number of hydrogen-bond acceptors (Lipinski definition) is 4. The number of benzene rings is 1. The average molecular weight is 354 g/mol. The van der Waals surface area contributed by atoms with E-state index in [-0.39, 0.29) is 24.9 Å². The zero-order chi connectivity index (χ0) is 18.4. The Morgan fingerprint density at radius 3 is 2.77 bits per heavy atom. The van der Waals surface area contributed by atoms with Crippen molar-refractivity contribution in [3.05, 3.63) is 48.2 Å². The van der Waals surface area contributed by atoms with E-state index in [0.717, 1.165) is 29.3 Å². The molecule has 0 saturated carbocycles. The standard InChI is InChI=1S/C20H22N2O4/c23-18(22(12-8-19(24)25)17-9-13-26-14-10-17)7-6-16-4-1-3-15-5-2-11-21-20(15)16/h1-7,11,17H,8-10,12-14H2,(H,24,25)/b7-6+. The molecule has 6 heteroatoms. The number of pyridine rings is 1. The van der Waals surface area contributed by atoms with Gasteiger partial charge in [-0.25, -0.2) is 0 Å². The van der Waals surface area contributed by atoms with Crippen LogP contribution in [0.3, 0.4) is 0 Å². The van der Waals surface area contributed by atoms with Crippen LogP contribution in [-0.2, 0) is 14.3 Å². The van der Waals surface area contributed by atoms with E-state index in [2.05, 4.69) is 4.98 Å². The number of ether oxygens (including phenoxy) is 1. The first-order chi connectivity index (χ1) is 12.6. The minimum Gasteiger partial charge on any atom is -0.481 e. The molecule has 0 aliphatic carbocycles. The van der Waals surface area contributed by atoms with Crippen LogP contribution < -0.4 is 0 Å². The second-order valence-electron chi connectivity index (χ2n) is 6.27. The molecule has 1 aromatic carbocycles. The predicted octanol–water partition coefficient (Wildman–Crippen LogP) is 2.73. The Balaban J connectivity index is 1.79. The van der Waals surface area contributed by atoms with E-state index in [9.17, 15) is 9.59 Å². The number of para-hydroxylation sites is 1. The summed E-state index contributed by atoms with van der Waals surface area (Å²) in [7, 11) is 0. The fourth-order valence-corrected chi connectivity index (χ4v) is 3.20. The monoisotopic (exact) mass is 354 g/mol. The van der Waals surface area contributed by atoms with Gasteiger partial charge in [-0.05, 0) is 25.0 Å². The maximum Gasteiger partial charge on any atom is 0.305 e. The van der Waals surface area contributed by atoms with Crippen molar-refractivity contribution in [3.8, 4) is 0 Å². The van der Waals surface area contributed by atoms with Crippen LogP contribution >= 0.6 is 0 Å². The van der Waals surface area contributed by atoms with Crippen molar-refractivity contribution in [2.24, 2.45) is 0 Å². The minimum absolute atomic E-state index is 0.0193. The maximum atomic E-state index is 12.7. The van der Waals surface area contributed by atoms with Crippen LogP contribution in [0.2, 0.25) is 0 Å². The van der Waals surface area contributed by atoms with Crippen LogP contribution in [0.5, 0.6) is 0 Å². The zero-order valence-corrected chi connectivity index (χ0v) is 14.5. The number of rotatable bonds is 6. The van der Waals surface area contributed by atoms with Gasteiger partial charge in [0.2, 0.25) is 5.91 Å². The molecular weight excluding hydrogens is 332 g/mol. The molecular formula is C20H22N2O4. The molecule has 0 atom stereocenters. The highest BCUT2D eigenvalue weighted by Crippen LogP contribution is 2.19. The number of aromatic nitrogens is 1. The highest BCUT2D eigenvalue weighted by atomic mass is 16.5. The second kappa shape index (κ2) is 8.58. The van der Waals surface area contributed by atoms with Gasteiger partial charge in [0.05, 0.1) is 11.9 Å². The van der Waals surface area contributed by atoms with Crippen LogP contribution in [0, 0.1) is 0 Å². The number of carboxylic acid groups (broad SMARTS) is 1. The molecule has 0 bridgehead atoms. The summed E-state index contributed by atoms with van der Waals surface area (Å²) in [5.41, 5.74) is 1.70. The third-order valence-corrected chi connectivity index (χ3v) is 4.55. The number of aliphatic carboxylic acids is 1. The third-order valence-electron chi connectivity index (χ3n) is 4.55. The summed E-state index contributed by atoms with van der Waals surface area (Å²) in [6, 6.07) is 9.68. The number of carbonyl (C=O) groups excluding carboxylic acids is 1. The normalized spacial score (nSPS) is 15.4. The highest BCUT2D eigenvalue weighted by Gasteiger charge is 2.24. The molecule has 1 aliphatic rings. The van der Waals surface area contributed by atoms with Gasteiger partial charge in [0.25, 0.3) is 0 Å². The average Bonchev–Trinajstić information content (AvgIpc) is 2.67. The summed E-state index contributed by atoms with van der Waals surface area (Å²) in [4.78, 5) is 29.7. The minimum atomic E-state index is -0.905. The number of fused-ring (bicyclic) bond motifs is 1. The lowest BCUT2D eigenvalue weighted by Crippen LogP contribution is -2.43. The third kappa shape index (κ3) is 4.46. The van der Waals surface area contributed by atoms with Gasteiger partial charge in [-0.3, -0.25) is 14.6 Å². The van der Waals surface area contributed by atoms with E-state index in [1.807, 2.05) is 30.3 Å². The SMILES string of the molecule is O=C(O)CCN(C(=O)/C=C/c1cccc2cccnc12)C1CCOCC1. The number of carboxylic acids is 1. The predicted molar refractivity (Wildman–Crippen MR) is 98.6 cm³/mol. The van der Waals surface area contributed by atoms with Gasteiger partial charge >= 0.3 is 5.97 Å². The van der Waals surface area contributed by atoms with Crippen molar-refractivity contribution in [1.82, 2.24) is 9.88 Å². The molecule has 1 aromatic heterocycles. The van der Waals surface area contributed by atoms with E-state index in [1.54, 1.807) is 17.2 Å². The molecule has 0 unspecified atom stereocenters. The van der Waals surface area contributed by atoms with E-state index >= 15 is 0 Å². The topological polar surface area (TPSA) is 79.7 Å². The van der Waals surface area contributed by atoms with E-state index < -0.39 is 5.97 Å². The van der Waals surface area contributed by atoms with E-state index in [0.29, 0.717) is 13.2 Å².